The van der Waals surface area contributed by atoms with Crippen LogP contribution < -0.4 is 15.2 Å². The third kappa shape index (κ3) is 5.13. The molecule has 118 valence electrons. The number of hydrogen-bond donors (Lipinski definition) is 1. The number of methoxy groups -OCH3 is 2. The van der Waals surface area contributed by atoms with Gasteiger partial charge < -0.3 is 15.2 Å². The topological polar surface area (TPSA) is 69.7 Å². The van der Waals surface area contributed by atoms with Crippen molar-refractivity contribution in [2.45, 2.75) is 5.75 Å². The van der Waals surface area contributed by atoms with Crippen molar-refractivity contribution in [1.82, 2.24) is 4.98 Å². The number of halogens is 1. The van der Waals surface area contributed by atoms with Gasteiger partial charge in [0.05, 0.1) is 19.9 Å². The van der Waals surface area contributed by atoms with Gasteiger partial charge in [-0.25, -0.2) is 4.99 Å². The molecule has 5 nitrogen and oxygen atoms in total. The van der Waals surface area contributed by atoms with E-state index in [2.05, 4.69) is 9.98 Å². The maximum absolute atomic E-state index is 5.95. The Balaban J connectivity index is 0.00000242. The molecule has 0 amide bonds. The molecule has 2 aromatic rings. The van der Waals surface area contributed by atoms with Gasteiger partial charge in [0.2, 0.25) is 0 Å². The van der Waals surface area contributed by atoms with Crippen LogP contribution in [0.3, 0.4) is 0 Å². The van der Waals surface area contributed by atoms with Crippen molar-refractivity contribution in [3.8, 4) is 11.5 Å². The van der Waals surface area contributed by atoms with Gasteiger partial charge in [0.15, 0.2) is 5.17 Å². The van der Waals surface area contributed by atoms with Crippen LogP contribution in [0.1, 0.15) is 5.69 Å². The highest BCUT2D eigenvalue weighted by Crippen LogP contribution is 2.27. The van der Waals surface area contributed by atoms with Crippen molar-refractivity contribution in [3.05, 3.63) is 48.3 Å². The molecule has 2 rings (SSSR count). The average Bonchev–Trinajstić information content (AvgIpc) is 2.53. The maximum atomic E-state index is 5.95. The lowest BCUT2D eigenvalue weighted by Gasteiger charge is -2.06. The SMILES string of the molecule is COc1ccnc(CSC(N)=Nc2ccccc2OC)c1.Cl. The molecule has 0 saturated carbocycles. The molecule has 0 spiro atoms. The molecule has 0 aliphatic heterocycles. The lowest BCUT2D eigenvalue weighted by molar-refractivity contribution is 0.413. The summed E-state index contributed by atoms with van der Waals surface area (Å²) in [5.41, 5.74) is 7.54. The van der Waals surface area contributed by atoms with Crippen LogP contribution in [-0.2, 0) is 5.75 Å². The van der Waals surface area contributed by atoms with Gasteiger partial charge in [0, 0.05) is 18.0 Å². The minimum absolute atomic E-state index is 0. The monoisotopic (exact) mass is 339 g/mol. The molecule has 0 atom stereocenters. The highest BCUT2D eigenvalue weighted by molar-refractivity contribution is 8.13. The second-order valence-corrected chi connectivity index (χ2v) is 5.09. The third-order valence-corrected chi connectivity index (χ3v) is 3.53. The summed E-state index contributed by atoms with van der Waals surface area (Å²) in [6.45, 7) is 0. The van der Waals surface area contributed by atoms with E-state index in [1.54, 1.807) is 26.5 Å². The van der Waals surface area contributed by atoms with E-state index in [1.165, 1.54) is 11.8 Å². The number of benzene rings is 1. The van der Waals surface area contributed by atoms with E-state index in [-0.39, 0.29) is 12.4 Å². The molecule has 1 aromatic carbocycles. The van der Waals surface area contributed by atoms with E-state index >= 15 is 0 Å². The summed E-state index contributed by atoms with van der Waals surface area (Å²) in [6, 6.07) is 11.2. The van der Waals surface area contributed by atoms with Crippen LogP contribution in [-0.4, -0.2) is 24.4 Å². The van der Waals surface area contributed by atoms with Crippen molar-refractivity contribution in [2.75, 3.05) is 14.2 Å². The van der Waals surface area contributed by atoms with Gasteiger partial charge in [-0.15, -0.1) is 12.4 Å². The summed E-state index contributed by atoms with van der Waals surface area (Å²) in [5.74, 6) is 2.10. The van der Waals surface area contributed by atoms with Gasteiger partial charge in [-0.05, 0) is 18.2 Å². The van der Waals surface area contributed by atoms with Crippen molar-refractivity contribution >= 4 is 35.0 Å². The largest absolute Gasteiger partial charge is 0.497 e. The quantitative estimate of drug-likeness (QED) is 0.667. The number of hydrogen-bond acceptors (Lipinski definition) is 5. The summed E-state index contributed by atoms with van der Waals surface area (Å²) in [7, 11) is 3.24. The van der Waals surface area contributed by atoms with E-state index in [9.17, 15) is 0 Å². The molecule has 0 radical (unpaired) electrons. The fourth-order valence-corrected chi connectivity index (χ4v) is 2.30. The lowest BCUT2D eigenvalue weighted by atomic mass is 10.3. The minimum Gasteiger partial charge on any atom is -0.497 e. The van der Waals surface area contributed by atoms with Gasteiger partial charge in [-0.2, -0.15) is 0 Å². The highest BCUT2D eigenvalue weighted by atomic mass is 35.5. The normalized spacial score (nSPS) is 10.7. The Morgan fingerprint density at radius 1 is 1.23 bits per heavy atom. The first-order valence-corrected chi connectivity index (χ1v) is 7.30. The maximum Gasteiger partial charge on any atom is 0.159 e. The van der Waals surface area contributed by atoms with Gasteiger partial charge in [0.1, 0.15) is 17.2 Å². The number of rotatable bonds is 5. The molecular weight excluding hydrogens is 322 g/mol. The van der Waals surface area contributed by atoms with Gasteiger partial charge in [-0.1, -0.05) is 23.9 Å². The van der Waals surface area contributed by atoms with E-state index in [0.717, 1.165) is 11.4 Å². The lowest BCUT2D eigenvalue weighted by Crippen LogP contribution is -2.06. The molecule has 0 aliphatic carbocycles. The Morgan fingerprint density at radius 3 is 2.73 bits per heavy atom. The Kier molecular flexibility index (Phi) is 7.56. The molecule has 1 aromatic heterocycles. The fourth-order valence-electron chi connectivity index (χ4n) is 1.68. The summed E-state index contributed by atoms with van der Waals surface area (Å²) in [5, 5.41) is 0.462. The molecule has 2 N–H and O–H groups in total. The molecular formula is C15H18ClN3O2S. The number of nitrogens with zero attached hydrogens (tertiary/aromatic N) is 2. The van der Waals surface area contributed by atoms with Gasteiger partial charge in [-0.3, -0.25) is 4.98 Å². The fraction of sp³-hybridized carbons (Fsp3) is 0.200. The number of nitrogens with two attached hydrogens (primary N) is 1. The molecule has 7 heteroatoms. The predicted octanol–water partition coefficient (Wildman–Crippen LogP) is 3.40. The van der Waals surface area contributed by atoms with Crippen LogP contribution >= 0.6 is 24.2 Å². The number of aromatic nitrogens is 1. The number of pyridine rings is 1. The third-order valence-electron chi connectivity index (χ3n) is 2.71. The zero-order valence-corrected chi connectivity index (χ0v) is 14.0. The zero-order chi connectivity index (χ0) is 15.1. The Labute approximate surface area is 140 Å². The van der Waals surface area contributed by atoms with Crippen LogP contribution in [0, 0.1) is 0 Å². The van der Waals surface area contributed by atoms with E-state index in [1.807, 2.05) is 30.3 Å². The number of thioether (sulfide) groups is 1. The smallest absolute Gasteiger partial charge is 0.159 e. The molecule has 0 unspecified atom stereocenters. The van der Waals surface area contributed by atoms with E-state index in [0.29, 0.717) is 22.4 Å². The minimum atomic E-state index is 0. The van der Waals surface area contributed by atoms with Crippen molar-refractivity contribution < 1.29 is 9.47 Å². The molecule has 0 bridgehead atoms. The first-order valence-electron chi connectivity index (χ1n) is 6.32. The summed E-state index contributed by atoms with van der Waals surface area (Å²) in [4.78, 5) is 8.62. The second-order valence-electron chi connectivity index (χ2n) is 4.10. The predicted molar refractivity (Wildman–Crippen MR) is 93.6 cm³/mol. The Bertz CT molecular complexity index is 638. The van der Waals surface area contributed by atoms with Crippen molar-refractivity contribution in [1.29, 1.82) is 0 Å². The summed E-state index contributed by atoms with van der Waals surface area (Å²) in [6.07, 6.45) is 1.71. The number of ether oxygens (including phenoxy) is 2. The molecule has 0 aliphatic rings. The van der Waals surface area contributed by atoms with Crippen LogP contribution in [0.2, 0.25) is 0 Å². The zero-order valence-electron chi connectivity index (χ0n) is 12.4. The first kappa shape index (κ1) is 18.1. The number of para-hydroxylation sites is 2. The first-order chi connectivity index (χ1) is 10.2. The van der Waals surface area contributed by atoms with Crippen molar-refractivity contribution in [3.63, 3.8) is 0 Å². The number of aliphatic imine (C=N–C) groups is 1. The van der Waals surface area contributed by atoms with Gasteiger partial charge in [0.25, 0.3) is 0 Å². The molecule has 22 heavy (non-hydrogen) atoms. The van der Waals surface area contributed by atoms with E-state index in [4.69, 9.17) is 15.2 Å². The van der Waals surface area contributed by atoms with Crippen LogP contribution in [0.25, 0.3) is 0 Å². The molecule has 1 heterocycles. The van der Waals surface area contributed by atoms with Crippen LogP contribution in [0.15, 0.2) is 47.6 Å². The molecule has 0 fully saturated rings. The number of amidine groups is 1. The Hall–Kier alpha value is -1.92. The Morgan fingerprint density at radius 2 is 2.00 bits per heavy atom. The van der Waals surface area contributed by atoms with Crippen molar-refractivity contribution in [2.24, 2.45) is 10.7 Å². The summed E-state index contributed by atoms with van der Waals surface area (Å²) >= 11 is 1.42. The highest BCUT2D eigenvalue weighted by Gasteiger charge is 2.03. The van der Waals surface area contributed by atoms with Crippen LogP contribution in [0.5, 0.6) is 11.5 Å². The standard InChI is InChI=1S/C15H17N3O2S.ClH/c1-19-12-7-8-17-11(9-12)10-21-15(16)18-13-5-3-4-6-14(13)20-2;/h3-9H,10H2,1-2H3,(H2,16,18);1H. The van der Waals surface area contributed by atoms with E-state index < -0.39 is 0 Å². The average molecular weight is 340 g/mol. The summed E-state index contributed by atoms with van der Waals surface area (Å²) < 4.78 is 10.4. The molecule has 0 saturated heterocycles. The van der Waals surface area contributed by atoms with Crippen LogP contribution in [0.4, 0.5) is 5.69 Å². The van der Waals surface area contributed by atoms with Gasteiger partial charge >= 0.3 is 0 Å². The second kappa shape index (κ2) is 9.17.